The van der Waals surface area contributed by atoms with Gasteiger partial charge in [0.05, 0.1) is 13.5 Å². The molecule has 6 nitrogen and oxygen atoms in total. The maximum atomic E-state index is 12.1. The third kappa shape index (κ3) is 3.65. The highest BCUT2D eigenvalue weighted by molar-refractivity contribution is 7.86. The zero-order valence-corrected chi connectivity index (χ0v) is 11.4. The standard InChI is InChI=1S/C10H20N2O4S/c1-4-12(9-5-6-9)17(14,15)11(2)8-7-10(13)16-3/h9H,4-8H2,1-3H3. The number of carbonyl (C=O) groups is 1. The number of carbonyl (C=O) groups excluding carboxylic acids is 1. The highest BCUT2D eigenvalue weighted by Crippen LogP contribution is 2.29. The van der Waals surface area contributed by atoms with E-state index in [9.17, 15) is 13.2 Å². The van der Waals surface area contributed by atoms with E-state index in [0.29, 0.717) is 6.54 Å². The fraction of sp³-hybridized carbons (Fsp3) is 0.900. The van der Waals surface area contributed by atoms with Crippen molar-refractivity contribution in [2.24, 2.45) is 0 Å². The Labute approximate surface area is 103 Å². The van der Waals surface area contributed by atoms with Crippen LogP contribution in [0.25, 0.3) is 0 Å². The van der Waals surface area contributed by atoms with Crippen LogP contribution in [-0.4, -0.2) is 56.3 Å². The van der Waals surface area contributed by atoms with Gasteiger partial charge in [0.15, 0.2) is 0 Å². The van der Waals surface area contributed by atoms with Crippen molar-refractivity contribution in [2.75, 3.05) is 27.2 Å². The SMILES string of the molecule is CCN(C1CC1)S(=O)(=O)N(C)CCC(=O)OC. The van der Waals surface area contributed by atoms with Gasteiger partial charge in [-0.15, -0.1) is 0 Å². The van der Waals surface area contributed by atoms with E-state index < -0.39 is 16.2 Å². The summed E-state index contributed by atoms with van der Waals surface area (Å²) >= 11 is 0. The minimum absolute atomic E-state index is 0.0778. The lowest BCUT2D eigenvalue weighted by Gasteiger charge is -2.26. The molecule has 17 heavy (non-hydrogen) atoms. The molecule has 0 aromatic heterocycles. The molecular weight excluding hydrogens is 244 g/mol. The van der Waals surface area contributed by atoms with Gasteiger partial charge in [0.1, 0.15) is 0 Å². The van der Waals surface area contributed by atoms with Crippen LogP contribution in [-0.2, 0) is 19.7 Å². The topological polar surface area (TPSA) is 66.9 Å². The Bertz CT molecular complexity index is 365. The van der Waals surface area contributed by atoms with E-state index in [1.54, 1.807) is 0 Å². The van der Waals surface area contributed by atoms with E-state index in [-0.39, 0.29) is 19.0 Å². The van der Waals surface area contributed by atoms with Crippen LogP contribution in [0.15, 0.2) is 0 Å². The van der Waals surface area contributed by atoms with Gasteiger partial charge in [0.25, 0.3) is 10.2 Å². The van der Waals surface area contributed by atoms with Crippen molar-refractivity contribution in [1.82, 2.24) is 8.61 Å². The minimum atomic E-state index is -3.43. The zero-order chi connectivity index (χ0) is 13.1. The van der Waals surface area contributed by atoms with Crippen LogP contribution in [0, 0.1) is 0 Å². The number of methoxy groups -OCH3 is 1. The van der Waals surface area contributed by atoms with Gasteiger partial charge in [-0.3, -0.25) is 4.79 Å². The fourth-order valence-electron chi connectivity index (χ4n) is 1.62. The second-order valence-corrected chi connectivity index (χ2v) is 6.08. The van der Waals surface area contributed by atoms with Crippen LogP contribution in [0.5, 0.6) is 0 Å². The summed E-state index contributed by atoms with van der Waals surface area (Å²) in [5, 5.41) is 0. The maximum Gasteiger partial charge on any atom is 0.306 e. The molecule has 1 rings (SSSR count). The van der Waals surface area contributed by atoms with Crippen molar-refractivity contribution in [1.29, 1.82) is 0 Å². The van der Waals surface area contributed by atoms with Crippen molar-refractivity contribution in [3.63, 3.8) is 0 Å². The van der Waals surface area contributed by atoms with E-state index in [1.807, 2.05) is 6.92 Å². The number of hydrogen-bond donors (Lipinski definition) is 0. The molecule has 1 aliphatic rings. The van der Waals surface area contributed by atoms with Crippen molar-refractivity contribution in [3.05, 3.63) is 0 Å². The van der Waals surface area contributed by atoms with Crippen LogP contribution in [0.1, 0.15) is 26.2 Å². The second-order valence-electron chi connectivity index (χ2n) is 4.09. The third-order valence-corrected chi connectivity index (χ3v) is 4.93. The van der Waals surface area contributed by atoms with Gasteiger partial charge in [-0.05, 0) is 12.8 Å². The highest BCUT2D eigenvalue weighted by atomic mass is 32.2. The minimum Gasteiger partial charge on any atom is -0.469 e. The predicted molar refractivity (Wildman–Crippen MR) is 63.6 cm³/mol. The number of ether oxygens (including phenoxy) is 1. The van der Waals surface area contributed by atoms with Crippen LogP contribution in [0.4, 0.5) is 0 Å². The first-order valence-electron chi connectivity index (χ1n) is 5.73. The Balaban J connectivity index is 2.58. The average molecular weight is 264 g/mol. The molecule has 0 unspecified atom stereocenters. The van der Waals surface area contributed by atoms with E-state index in [2.05, 4.69) is 4.74 Å². The Morgan fingerprint density at radius 1 is 1.41 bits per heavy atom. The summed E-state index contributed by atoms with van der Waals surface area (Å²) < 4.78 is 31.5. The Morgan fingerprint density at radius 3 is 2.41 bits per heavy atom. The molecule has 0 aromatic carbocycles. The van der Waals surface area contributed by atoms with Crippen molar-refractivity contribution in [2.45, 2.75) is 32.2 Å². The monoisotopic (exact) mass is 264 g/mol. The first kappa shape index (κ1) is 14.4. The van der Waals surface area contributed by atoms with Crippen molar-refractivity contribution >= 4 is 16.2 Å². The molecule has 1 aliphatic carbocycles. The molecule has 0 atom stereocenters. The van der Waals surface area contributed by atoms with Crippen LogP contribution < -0.4 is 0 Å². The smallest absolute Gasteiger partial charge is 0.306 e. The molecule has 0 bridgehead atoms. The number of hydrogen-bond acceptors (Lipinski definition) is 4. The Morgan fingerprint density at radius 2 is 2.00 bits per heavy atom. The van der Waals surface area contributed by atoms with Crippen molar-refractivity contribution in [3.8, 4) is 0 Å². The van der Waals surface area contributed by atoms with E-state index in [1.165, 1.54) is 22.8 Å². The molecule has 1 saturated carbocycles. The number of rotatable bonds is 7. The Hall–Kier alpha value is -0.660. The summed E-state index contributed by atoms with van der Waals surface area (Å²) in [5.41, 5.74) is 0. The molecule has 7 heteroatoms. The largest absolute Gasteiger partial charge is 0.469 e. The van der Waals surface area contributed by atoms with Gasteiger partial charge in [-0.2, -0.15) is 17.0 Å². The zero-order valence-electron chi connectivity index (χ0n) is 10.5. The average Bonchev–Trinajstić information content (AvgIpc) is 3.10. The van der Waals surface area contributed by atoms with E-state index >= 15 is 0 Å². The quantitative estimate of drug-likeness (QED) is 0.617. The van der Waals surface area contributed by atoms with Crippen molar-refractivity contribution < 1.29 is 17.9 Å². The molecule has 1 fully saturated rings. The van der Waals surface area contributed by atoms with Gasteiger partial charge in [0.2, 0.25) is 0 Å². The summed E-state index contributed by atoms with van der Waals surface area (Å²) in [5.74, 6) is -0.401. The molecule has 0 aliphatic heterocycles. The van der Waals surface area contributed by atoms with Crippen LogP contribution >= 0.6 is 0 Å². The number of nitrogens with zero attached hydrogens (tertiary/aromatic N) is 2. The molecular formula is C10H20N2O4S. The lowest BCUT2D eigenvalue weighted by molar-refractivity contribution is -0.140. The summed E-state index contributed by atoms with van der Waals surface area (Å²) in [4.78, 5) is 11.0. The number of esters is 1. The van der Waals surface area contributed by atoms with Gasteiger partial charge in [-0.1, -0.05) is 6.92 Å². The summed E-state index contributed by atoms with van der Waals surface area (Å²) in [6, 6.07) is 0.144. The van der Waals surface area contributed by atoms with Gasteiger partial charge >= 0.3 is 5.97 Å². The van der Waals surface area contributed by atoms with E-state index in [0.717, 1.165) is 12.8 Å². The molecule has 0 heterocycles. The highest BCUT2D eigenvalue weighted by Gasteiger charge is 2.38. The summed E-state index contributed by atoms with van der Waals surface area (Å²) in [7, 11) is -0.652. The predicted octanol–water partition coefficient (Wildman–Crippen LogP) is 0.210. The molecule has 100 valence electrons. The molecule has 0 N–H and O–H groups in total. The summed E-state index contributed by atoms with van der Waals surface area (Å²) in [6.07, 6.45) is 1.93. The maximum absolute atomic E-state index is 12.1. The molecule has 0 radical (unpaired) electrons. The normalized spacial score (nSPS) is 16.5. The van der Waals surface area contributed by atoms with Gasteiger partial charge in [-0.25, -0.2) is 0 Å². The lowest BCUT2D eigenvalue weighted by Crippen LogP contribution is -2.43. The molecule has 0 saturated heterocycles. The third-order valence-electron chi connectivity index (χ3n) is 2.81. The molecule has 0 spiro atoms. The first-order valence-corrected chi connectivity index (χ1v) is 7.13. The first-order chi connectivity index (χ1) is 7.93. The van der Waals surface area contributed by atoms with E-state index in [4.69, 9.17) is 0 Å². The lowest BCUT2D eigenvalue weighted by atomic mass is 10.4. The van der Waals surface area contributed by atoms with Crippen LogP contribution in [0.2, 0.25) is 0 Å². The fourth-order valence-corrected chi connectivity index (χ4v) is 3.21. The van der Waals surface area contributed by atoms with Gasteiger partial charge < -0.3 is 4.74 Å². The molecule has 0 aromatic rings. The summed E-state index contributed by atoms with van der Waals surface area (Å²) in [6.45, 7) is 2.44. The molecule has 0 amide bonds. The Kier molecular flexibility index (Phi) is 4.91. The second kappa shape index (κ2) is 5.79. The van der Waals surface area contributed by atoms with Gasteiger partial charge in [0, 0.05) is 26.2 Å². The van der Waals surface area contributed by atoms with Crippen LogP contribution in [0.3, 0.4) is 0 Å².